The van der Waals surface area contributed by atoms with Crippen LogP contribution < -0.4 is 5.32 Å². The number of rotatable bonds is 5. The van der Waals surface area contributed by atoms with Gasteiger partial charge in [-0.2, -0.15) is 0 Å². The Hall–Kier alpha value is -2.14. The van der Waals surface area contributed by atoms with Crippen LogP contribution in [0.1, 0.15) is 49.5 Å². The zero-order valence-corrected chi connectivity index (χ0v) is 13.5. The Morgan fingerprint density at radius 2 is 2.04 bits per heavy atom. The summed E-state index contributed by atoms with van der Waals surface area (Å²) in [5.74, 6) is -0.0713. The van der Waals surface area contributed by atoms with Gasteiger partial charge in [-0.1, -0.05) is 31.4 Å². The van der Waals surface area contributed by atoms with Gasteiger partial charge in [-0.3, -0.25) is 4.79 Å². The van der Waals surface area contributed by atoms with E-state index in [0.717, 1.165) is 19.3 Å². The first-order chi connectivity index (χ1) is 11.6. The molecule has 2 N–H and O–H groups in total. The van der Waals surface area contributed by atoms with E-state index in [1.54, 1.807) is 18.2 Å². The summed E-state index contributed by atoms with van der Waals surface area (Å²) in [5, 5.41) is 12.9. The Kier molecular flexibility index (Phi) is 5.00. The number of carbonyl (C=O) groups excluding carboxylic acids is 1. The summed E-state index contributed by atoms with van der Waals surface area (Å²) in [4.78, 5) is 12.9. The zero-order chi connectivity index (χ0) is 17.0. The lowest BCUT2D eigenvalue weighted by Crippen LogP contribution is -2.47. The molecule has 1 fully saturated rings. The number of furan rings is 1. The largest absolute Gasteiger partial charge is 0.467 e. The average molecular weight is 331 g/mol. The monoisotopic (exact) mass is 331 g/mol. The van der Waals surface area contributed by atoms with Gasteiger partial charge in [0.25, 0.3) is 0 Å². The molecule has 2 aromatic rings. The summed E-state index contributed by atoms with van der Waals surface area (Å²) in [6, 6.07) is 9.66. The third-order valence-corrected chi connectivity index (χ3v) is 4.85. The van der Waals surface area contributed by atoms with E-state index in [1.165, 1.54) is 18.4 Å². The van der Waals surface area contributed by atoms with Crippen LogP contribution >= 0.6 is 0 Å². The minimum absolute atomic E-state index is 0.0728. The minimum atomic E-state index is -0.892. The topological polar surface area (TPSA) is 62.5 Å². The standard InChI is InChI=1S/C19H22FNO3/c20-15-7-4-6-14(12-15)19(9-2-1-3-10-19)18(23)21-13-16(22)17-8-5-11-24-17/h4-8,11-12,16,22H,1-3,9-10,13H2,(H,21,23). The van der Waals surface area contributed by atoms with Crippen molar-refractivity contribution in [1.82, 2.24) is 5.32 Å². The van der Waals surface area contributed by atoms with Crippen LogP contribution in [0.4, 0.5) is 4.39 Å². The van der Waals surface area contributed by atoms with Gasteiger partial charge in [0.05, 0.1) is 18.2 Å². The normalized spacial score (nSPS) is 18.1. The van der Waals surface area contributed by atoms with Gasteiger partial charge in [0.1, 0.15) is 17.7 Å². The van der Waals surface area contributed by atoms with Crippen LogP contribution in [0.3, 0.4) is 0 Å². The quantitative estimate of drug-likeness (QED) is 0.882. The molecule has 4 nitrogen and oxygen atoms in total. The number of halogens is 1. The van der Waals surface area contributed by atoms with Gasteiger partial charge in [-0.15, -0.1) is 0 Å². The Morgan fingerprint density at radius 3 is 2.71 bits per heavy atom. The Labute approximate surface area is 140 Å². The molecule has 1 aromatic heterocycles. The lowest BCUT2D eigenvalue weighted by Gasteiger charge is -2.36. The molecular formula is C19H22FNO3. The van der Waals surface area contributed by atoms with Crippen LogP contribution in [0, 0.1) is 5.82 Å². The van der Waals surface area contributed by atoms with E-state index in [1.807, 2.05) is 6.07 Å². The Bertz CT molecular complexity index is 678. The van der Waals surface area contributed by atoms with Crippen molar-refractivity contribution in [3.05, 3.63) is 59.8 Å². The predicted octanol–water partition coefficient (Wildman–Crippen LogP) is 3.47. The molecule has 1 saturated carbocycles. The highest BCUT2D eigenvalue weighted by molar-refractivity contribution is 5.88. The van der Waals surface area contributed by atoms with Crippen LogP contribution in [-0.4, -0.2) is 17.6 Å². The van der Waals surface area contributed by atoms with E-state index in [-0.39, 0.29) is 18.3 Å². The second kappa shape index (κ2) is 7.18. The maximum Gasteiger partial charge on any atom is 0.230 e. The van der Waals surface area contributed by atoms with Gasteiger partial charge in [0.2, 0.25) is 5.91 Å². The second-order valence-electron chi connectivity index (χ2n) is 6.39. The van der Waals surface area contributed by atoms with E-state index < -0.39 is 11.5 Å². The molecule has 128 valence electrons. The first-order valence-electron chi connectivity index (χ1n) is 8.38. The number of benzene rings is 1. The molecule has 0 radical (unpaired) electrons. The van der Waals surface area contributed by atoms with E-state index >= 15 is 0 Å². The molecule has 5 heteroatoms. The number of nitrogens with one attached hydrogen (secondary N) is 1. The van der Waals surface area contributed by atoms with Crippen molar-refractivity contribution in [2.24, 2.45) is 0 Å². The molecular weight excluding hydrogens is 309 g/mol. The number of carbonyl (C=O) groups is 1. The van der Waals surface area contributed by atoms with Crippen LogP contribution in [0.5, 0.6) is 0 Å². The number of hydrogen-bond donors (Lipinski definition) is 2. The van der Waals surface area contributed by atoms with Crippen LogP contribution in [0.25, 0.3) is 0 Å². The van der Waals surface area contributed by atoms with Crippen molar-refractivity contribution in [3.8, 4) is 0 Å². The molecule has 0 bridgehead atoms. The summed E-state index contributed by atoms with van der Waals surface area (Å²) < 4.78 is 18.8. The fourth-order valence-corrected chi connectivity index (χ4v) is 3.53. The smallest absolute Gasteiger partial charge is 0.230 e. The molecule has 1 heterocycles. The third kappa shape index (κ3) is 3.36. The van der Waals surface area contributed by atoms with Crippen molar-refractivity contribution in [3.63, 3.8) is 0 Å². The fourth-order valence-electron chi connectivity index (χ4n) is 3.53. The molecule has 1 aromatic carbocycles. The van der Waals surface area contributed by atoms with E-state index in [4.69, 9.17) is 4.42 Å². The molecule has 1 aliphatic carbocycles. The van der Waals surface area contributed by atoms with Crippen molar-refractivity contribution >= 4 is 5.91 Å². The zero-order valence-electron chi connectivity index (χ0n) is 13.5. The van der Waals surface area contributed by atoms with Gasteiger partial charge in [-0.25, -0.2) is 4.39 Å². The molecule has 1 aliphatic rings. The number of amides is 1. The molecule has 0 spiro atoms. The van der Waals surface area contributed by atoms with E-state index in [9.17, 15) is 14.3 Å². The van der Waals surface area contributed by atoms with Gasteiger partial charge in [0.15, 0.2) is 0 Å². The molecule has 1 amide bonds. The summed E-state index contributed by atoms with van der Waals surface area (Å²) >= 11 is 0. The average Bonchev–Trinajstić information content (AvgIpc) is 3.14. The highest BCUT2D eigenvalue weighted by Gasteiger charge is 2.41. The summed E-state index contributed by atoms with van der Waals surface area (Å²) in [6.07, 6.45) is 4.93. The molecule has 1 atom stereocenters. The predicted molar refractivity (Wildman–Crippen MR) is 87.8 cm³/mol. The minimum Gasteiger partial charge on any atom is -0.467 e. The van der Waals surface area contributed by atoms with Gasteiger partial charge in [0, 0.05) is 0 Å². The van der Waals surface area contributed by atoms with Crippen molar-refractivity contribution in [1.29, 1.82) is 0 Å². The van der Waals surface area contributed by atoms with Crippen molar-refractivity contribution < 1.29 is 18.7 Å². The Morgan fingerprint density at radius 1 is 1.25 bits per heavy atom. The SMILES string of the molecule is O=C(NCC(O)c1ccco1)C1(c2cccc(F)c2)CCCCC1. The van der Waals surface area contributed by atoms with Crippen LogP contribution in [-0.2, 0) is 10.2 Å². The van der Waals surface area contributed by atoms with E-state index in [2.05, 4.69) is 5.32 Å². The molecule has 0 aliphatic heterocycles. The van der Waals surface area contributed by atoms with Crippen LogP contribution in [0.15, 0.2) is 47.1 Å². The molecule has 3 rings (SSSR count). The van der Waals surface area contributed by atoms with Crippen molar-refractivity contribution in [2.75, 3.05) is 6.54 Å². The molecule has 24 heavy (non-hydrogen) atoms. The number of aliphatic hydroxyl groups excluding tert-OH is 1. The third-order valence-electron chi connectivity index (χ3n) is 4.85. The maximum absolute atomic E-state index is 13.7. The van der Waals surface area contributed by atoms with Gasteiger partial charge in [-0.05, 0) is 42.7 Å². The number of hydrogen-bond acceptors (Lipinski definition) is 3. The summed E-state index contributed by atoms with van der Waals surface area (Å²) in [5.41, 5.74) is -0.00402. The van der Waals surface area contributed by atoms with Gasteiger partial charge >= 0.3 is 0 Å². The lowest BCUT2D eigenvalue weighted by molar-refractivity contribution is -0.128. The Balaban J connectivity index is 1.77. The maximum atomic E-state index is 13.7. The summed E-state index contributed by atoms with van der Waals surface area (Å²) in [6.45, 7) is 0.0728. The van der Waals surface area contributed by atoms with Crippen LogP contribution in [0.2, 0.25) is 0 Å². The van der Waals surface area contributed by atoms with Crippen molar-refractivity contribution in [2.45, 2.75) is 43.6 Å². The fraction of sp³-hybridized carbons (Fsp3) is 0.421. The number of aliphatic hydroxyl groups is 1. The lowest BCUT2D eigenvalue weighted by atomic mass is 9.68. The molecule has 1 unspecified atom stereocenters. The van der Waals surface area contributed by atoms with E-state index in [0.29, 0.717) is 24.2 Å². The highest BCUT2D eigenvalue weighted by Crippen LogP contribution is 2.40. The van der Waals surface area contributed by atoms with Gasteiger partial charge < -0.3 is 14.8 Å². The first-order valence-corrected chi connectivity index (χ1v) is 8.38. The summed E-state index contributed by atoms with van der Waals surface area (Å²) in [7, 11) is 0. The highest BCUT2D eigenvalue weighted by atomic mass is 19.1. The molecule has 0 saturated heterocycles. The first kappa shape index (κ1) is 16.7. The second-order valence-corrected chi connectivity index (χ2v) is 6.39.